The van der Waals surface area contributed by atoms with Crippen LogP contribution in [0.2, 0.25) is 0 Å². The molecule has 2 amide bonds. The smallest absolute Gasteiger partial charge is 0.416 e. The summed E-state index contributed by atoms with van der Waals surface area (Å²) in [4.78, 5) is 42.9. The van der Waals surface area contributed by atoms with E-state index in [0.717, 1.165) is 17.7 Å². The number of hydrogen-bond acceptors (Lipinski definition) is 5. The highest BCUT2D eigenvalue weighted by molar-refractivity contribution is 6.01. The normalized spacial score (nSPS) is 15.6. The van der Waals surface area contributed by atoms with Gasteiger partial charge in [-0.15, -0.1) is 0 Å². The van der Waals surface area contributed by atoms with Crippen LogP contribution in [0, 0.1) is 0 Å². The summed E-state index contributed by atoms with van der Waals surface area (Å²) in [7, 11) is 0. The number of alkyl halides is 3. The Balaban J connectivity index is 1.28. The molecule has 0 saturated carbocycles. The maximum atomic E-state index is 13.3. The number of hydrogen-bond donors (Lipinski definition) is 0. The van der Waals surface area contributed by atoms with Crippen LogP contribution in [0.15, 0.2) is 66.7 Å². The number of rotatable bonds is 5. The van der Waals surface area contributed by atoms with E-state index >= 15 is 0 Å². The lowest BCUT2D eigenvalue weighted by molar-refractivity contribution is -0.137. The topological polar surface area (TPSA) is 70.2 Å². The van der Waals surface area contributed by atoms with E-state index in [4.69, 9.17) is 4.74 Å². The van der Waals surface area contributed by atoms with Gasteiger partial charge in [-0.1, -0.05) is 18.2 Å². The van der Waals surface area contributed by atoms with Crippen molar-refractivity contribution in [2.45, 2.75) is 19.6 Å². The summed E-state index contributed by atoms with van der Waals surface area (Å²) in [5.74, 6) is -0.0687. The lowest BCUT2D eigenvalue weighted by Gasteiger charge is -2.36. The number of anilines is 2. The van der Waals surface area contributed by atoms with Crippen molar-refractivity contribution in [1.29, 1.82) is 0 Å². The summed E-state index contributed by atoms with van der Waals surface area (Å²) in [6.07, 6.45) is -4.41. The van der Waals surface area contributed by atoms with Crippen LogP contribution in [-0.4, -0.2) is 55.3 Å². The number of Topliss-reactive ketones (excluding diaryl/α,β-unsaturated/α-hetero) is 1. The van der Waals surface area contributed by atoms with Crippen molar-refractivity contribution in [1.82, 2.24) is 4.90 Å². The van der Waals surface area contributed by atoms with E-state index in [1.165, 1.54) is 13.0 Å². The van der Waals surface area contributed by atoms with Crippen molar-refractivity contribution in [3.8, 4) is 5.75 Å². The molecule has 0 aromatic heterocycles. The highest BCUT2D eigenvalue weighted by Crippen LogP contribution is 2.35. The fourth-order valence-electron chi connectivity index (χ4n) is 4.81. The average molecular weight is 538 g/mol. The summed E-state index contributed by atoms with van der Waals surface area (Å²) < 4.78 is 44.8. The minimum absolute atomic E-state index is 0.124. The minimum Gasteiger partial charge on any atom is -0.482 e. The second-order valence-electron chi connectivity index (χ2n) is 9.53. The number of halogens is 3. The zero-order chi connectivity index (χ0) is 27.7. The maximum absolute atomic E-state index is 13.3. The Morgan fingerprint density at radius 3 is 2.36 bits per heavy atom. The van der Waals surface area contributed by atoms with Gasteiger partial charge in [-0.25, -0.2) is 0 Å². The van der Waals surface area contributed by atoms with Gasteiger partial charge in [0.25, 0.3) is 11.8 Å². The fourth-order valence-corrected chi connectivity index (χ4v) is 4.81. The molecule has 0 spiro atoms. The number of nitrogens with zero attached hydrogens (tertiary/aromatic N) is 3. The predicted molar refractivity (Wildman–Crippen MR) is 139 cm³/mol. The van der Waals surface area contributed by atoms with Gasteiger partial charge in [0.05, 0.1) is 17.8 Å². The number of ketones is 1. The first kappa shape index (κ1) is 26.3. The molecule has 1 fully saturated rings. The van der Waals surface area contributed by atoms with Crippen LogP contribution in [0.25, 0.3) is 0 Å². The Hall–Kier alpha value is -4.34. The van der Waals surface area contributed by atoms with Gasteiger partial charge >= 0.3 is 6.18 Å². The number of fused-ring (bicyclic) bond motifs is 1. The molecule has 3 aromatic carbocycles. The largest absolute Gasteiger partial charge is 0.482 e. The highest BCUT2D eigenvalue weighted by Gasteiger charge is 2.32. The molecule has 39 heavy (non-hydrogen) atoms. The van der Waals surface area contributed by atoms with Gasteiger partial charge in [-0.2, -0.15) is 13.2 Å². The van der Waals surface area contributed by atoms with Crippen LogP contribution in [0.4, 0.5) is 24.5 Å². The molecule has 7 nitrogen and oxygen atoms in total. The van der Waals surface area contributed by atoms with Crippen molar-refractivity contribution in [3.63, 3.8) is 0 Å². The molecule has 0 atom stereocenters. The molecular weight excluding hydrogens is 511 g/mol. The van der Waals surface area contributed by atoms with Crippen molar-refractivity contribution >= 4 is 29.0 Å². The first-order chi connectivity index (χ1) is 18.6. The highest BCUT2D eigenvalue weighted by atomic mass is 19.4. The van der Waals surface area contributed by atoms with Crippen LogP contribution in [0.3, 0.4) is 0 Å². The standard InChI is InChI=1S/C29H26F3N3O4/c1-19(36)21-8-9-26-25(15-21)35(27(37)18-39-26)17-20-4-2-5-22(14-20)28(38)34-12-10-33(11-13-34)24-7-3-6-23(16-24)29(30,31)32/h2-9,14-16H,10-13,17-18H2,1H3. The third-order valence-electron chi connectivity index (χ3n) is 6.93. The van der Waals surface area contributed by atoms with Gasteiger partial charge in [0.15, 0.2) is 12.4 Å². The van der Waals surface area contributed by atoms with Gasteiger partial charge < -0.3 is 19.4 Å². The number of amides is 2. The third-order valence-corrected chi connectivity index (χ3v) is 6.93. The van der Waals surface area contributed by atoms with Crippen molar-refractivity contribution < 1.29 is 32.3 Å². The molecule has 2 heterocycles. The fraction of sp³-hybridized carbons (Fsp3) is 0.276. The van der Waals surface area contributed by atoms with Crippen LogP contribution in [0.5, 0.6) is 5.75 Å². The number of carbonyl (C=O) groups is 3. The van der Waals surface area contributed by atoms with Gasteiger partial charge in [0.2, 0.25) is 0 Å². The van der Waals surface area contributed by atoms with Crippen molar-refractivity contribution in [3.05, 3.63) is 89.0 Å². The molecule has 2 aliphatic rings. The van der Waals surface area contributed by atoms with Crippen LogP contribution < -0.4 is 14.5 Å². The van der Waals surface area contributed by atoms with E-state index in [-0.39, 0.29) is 30.7 Å². The summed E-state index contributed by atoms with van der Waals surface area (Å²) in [5.41, 5.74) is 1.93. The molecule has 2 aliphatic heterocycles. The molecule has 0 radical (unpaired) electrons. The third kappa shape index (κ3) is 5.59. The van der Waals surface area contributed by atoms with Gasteiger partial charge in [0.1, 0.15) is 5.75 Å². The van der Waals surface area contributed by atoms with Crippen LogP contribution in [-0.2, 0) is 17.5 Å². The minimum atomic E-state index is -4.41. The van der Waals surface area contributed by atoms with Crippen LogP contribution >= 0.6 is 0 Å². The molecule has 5 rings (SSSR count). The summed E-state index contributed by atoms with van der Waals surface area (Å²) in [6.45, 7) is 3.06. The summed E-state index contributed by atoms with van der Waals surface area (Å²) in [5, 5.41) is 0. The van der Waals surface area contributed by atoms with E-state index in [1.807, 2.05) is 11.0 Å². The quantitative estimate of drug-likeness (QED) is 0.438. The second kappa shape index (κ2) is 10.4. The van der Waals surface area contributed by atoms with Gasteiger partial charge in [-0.05, 0) is 61.0 Å². The Morgan fingerprint density at radius 2 is 1.64 bits per heavy atom. The van der Waals surface area contributed by atoms with E-state index in [2.05, 4.69) is 0 Å². The van der Waals surface area contributed by atoms with E-state index in [1.54, 1.807) is 52.3 Å². The second-order valence-corrected chi connectivity index (χ2v) is 9.53. The zero-order valence-electron chi connectivity index (χ0n) is 21.2. The van der Waals surface area contributed by atoms with Crippen molar-refractivity contribution in [2.75, 3.05) is 42.6 Å². The molecule has 0 N–H and O–H groups in total. The molecule has 1 saturated heterocycles. The van der Waals surface area contributed by atoms with Gasteiger partial charge in [-0.3, -0.25) is 14.4 Å². The van der Waals surface area contributed by atoms with Gasteiger partial charge in [0, 0.05) is 43.0 Å². The molecule has 202 valence electrons. The zero-order valence-corrected chi connectivity index (χ0v) is 21.2. The lowest BCUT2D eigenvalue weighted by Crippen LogP contribution is -2.48. The molecule has 0 aliphatic carbocycles. The van der Waals surface area contributed by atoms with E-state index in [0.29, 0.717) is 54.4 Å². The number of carbonyl (C=O) groups excluding carboxylic acids is 3. The molecular formula is C29H26F3N3O4. The van der Waals surface area contributed by atoms with Crippen LogP contribution in [0.1, 0.15) is 38.8 Å². The Bertz CT molecular complexity index is 1430. The van der Waals surface area contributed by atoms with E-state index < -0.39 is 11.7 Å². The number of piperazine rings is 1. The SMILES string of the molecule is CC(=O)c1ccc2c(c1)N(Cc1cccc(C(=O)N3CCN(c4cccc(C(F)(F)F)c4)CC3)c1)C(=O)CO2. The monoisotopic (exact) mass is 537 g/mol. The molecule has 0 unspecified atom stereocenters. The first-order valence-corrected chi connectivity index (χ1v) is 12.5. The molecule has 10 heteroatoms. The van der Waals surface area contributed by atoms with E-state index in [9.17, 15) is 27.6 Å². The summed E-state index contributed by atoms with van der Waals surface area (Å²) >= 11 is 0. The summed E-state index contributed by atoms with van der Waals surface area (Å²) in [6, 6.07) is 17.2. The Kier molecular flexibility index (Phi) is 7.03. The molecule has 0 bridgehead atoms. The Morgan fingerprint density at radius 1 is 0.897 bits per heavy atom. The first-order valence-electron chi connectivity index (χ1n) is 12.5. The lowest BCUT2D eigenvalue weighted by atomic mass is 10.1. The Labute approximate surface area is 223 Å². The predicted octanol–water partition coefficient (Wildman–Crippen LogP) is 4.80. The molecule has 3 aromatic rings. The van der Waals surface area contributed by atoms with Crippen molar-refractivity contribution in [2.24, 2.45) is 0 Å². The number of benzene rings is 3. The number of ether oxygens (including phenoxy) is 1. The maximum Gasteiger partial charge on any atom is 0.416 e. The average Bonchev–Trinajstić information content (AvgIpc) is 2.94.